The van der Waals surface area contributed by atoms with Gasteiger partial charge in [-0.15, -0.1) is 0 Å². The van der Waals surface area contributed by atoms with E-state index in [1.165, 1.54) is 11.2 Å². The van der Waals surface area contributed by atoms with E-state index in [0.717, 1.165) is 30.9 Å². The minimum absolute atomic E-state index is 0.265. The molecule has 0 aliphatic carbocycles. The van der Waals surface area contributed by atoms with E-state index in [1.54, 1.807) is 7.11 Å². The molecule has 2 aromatic rings. The Bertz CT molecular complexity index is 556. The zero-order chi connectivity index (χ0) is 12.5. The summed E-state index contributed by atoms with van der Waals surface area (Å²) in [7, 11) is 3.80. The van der Waals surface area contributed by atoms with Gasteiger partial charge in [-0.3, -0.25) is 0 Å². The van der Waals surface area contributed by atoms with Gasteiger partial charge in [0.25, 0.3) is 0 Å². The molecule has 1 atom stereocenters. The first-order valence-electron chi connectivity index (χ1n) is 6.24. The molecule has 96 valence electrons. The molecule has 3 rings (SSSR count). The molecule has 2 heterocycles. The zero-order valence-corrected chi connectivity index (χ0v) is 10.8. The molecule has 4 heteroatoms. The molecule has 1 aromatic heterocycles. The van der Waals surface area contributed by atoms with Crippen LogP contribution in [0.2, 0.25) is 0 Å². The standard InChI is InChI=1S/C14H18N2O2/c1-16-12-4-3-5-14(17-2)10(12)8-13(16)11-9-18-7-6-15-11/h3-5,8,11,15H,6-7,9H2,1-2H3. The Labute approximate surface area is 106 Å². The molecular weight excluding hydrogens is 228 g/mol. The van der Waals surface area contributed by atoms with Gasteiger partial charge >= 0.3 is 0 Å². The first-order valence-corrected chi connectivity index (χ1v) is 6.24. The molecule has 1 fully saturated rings. The quantitative estimate of drug-likeness (QED) is 0.878. The second kappa shape index (κ2) is 4.63. The number of nitrogens with one attached hydrogen (secondary N) is 1. The van der Waals surface area contributed by atoms with Crippen molar-refractivity contribution in [3.63, 3.8) is 0 Å². The Kier molecular flexibility index (Phi) is 2.97. The van der Waals surface area contributed by atoms with Crippen LogP contribution in [0.3, 0.4) is 0 Å². The van der Waals surface area contributed by atoms with Crippen LogP contribution in [-0.2, 0) is 11.8 Å². The molecule has 0 bridgehead atoms. The number of aromatic nitrogens is 1. The molecule has 1 saturated heterocycles. The van der Waals surface area contributed by atoms with E-state index >= 15 is 0 Å². The molecule has 0 spiro atoms. The van der Waals surface area contributed by atoms with E-state index in [0.29, 0.717) is 0 Å². The van der Waals surface area contributed by atoms with Crippen molar-refractivity contribution in [1.82, 2.24) is 9.88 Å². The predicted molar refractivity (Wildman–Crippen MR) is 71.0 cm³/mol. The molecule has 1 aromatic carbocycles. The van der Waals surface area contributed by atoms with Crippen LogP contribution < -0.4 is 10.1 Å². The number of fused-ring (bicyclic) bond motifs is 1. The maximum absolute atomic E-state index is 5.54. The van der Waals surface area contributed by atoms with Gasteiger partial charge in [0.15, 0.2) is 0 Å². The monoisotopic (exact) mass is 246 g/mol. The van der Waals surface area contributed by atoms with Gasteiger partial charge < -0.3 is 19.4 Å². The summed E-state index contributed by atoms with van der Waals surface area (Å²) >= 11 is 0. The van der Waals surface area contributed by atoms with Crippen LogP contribution in [-0.4, -0.2) is 31.4 Å². The van der Waals surface area contributed by atoms with Crippen molar-refractivity contribution in [2.24, 2.45) is 7.05 Å². The smallest absolute Gasteiger partial charge is 0.128 e. The van der Waals surface area contributed by atoms with Crippen molar-refractivity contribution in [3.8, 4) is 5.75 Å². The number of morpholine rings is 1. The van der Waals surface area contributed by atoms with E-state index in [2.05, 4.69) is 29.1 Å². The van der Waals surface area contributed by atoms with Gasteiger partial charge in [-0.1, -0.05) is 6.07 Å². The lowest BCUT2D eigenvalue weighted by Gasteiger charge is -2.24. The van der Waals surface area contributed by atoms with Crippen molar-refractivity contribution in [1.29, 1.82) is 0 Å². The predicted octanol–water partition coefficient (Wildman–Crippen LogP) is 1.85. The van der Waals surface area contributed by atoms with Crippen molar-refractivity contribution in [2.75, 3.05) is 26.9 Å². The minimum Gasteiger partial charge on any atom is -0.496 e. The first-order chi connectivity index (χ1) is 8.81. The third-order valence-corrected chi connectivity index (χ3v) is 3.58. The summed E-state index contributed by atoms with van der Waals surface area (Å²) in [5.74, 6) is 0.922. The third-order valence-electron chi connectivity index (χ3n) is 3.58. The highest BCUT2D eigenvalue weighted by Gasteiger charge is 2.20. The van der Waals surface area contributed by atoms with E-state index < -0.39 is 0 Å². The highest BCUT2D eigenvalue weighted by molar-refractivity contribution is 5.87. The fourth-order valence-electron chi connectivity index (χ4n) is 2.62. The van der Waals surface area contributed by atoms with Gasteiger partial charge in [-0.25, -0.2) is 0 Å². The van der Waals surface area contributed by atoms with Crippen molar-refractivity contribution >= 4 is 10.9 Å². The van der Waals surface area contributed by atoms with Crippen LogP contribution in [0.1, 0.15) is 11.7 Å². The second-order valence-electron chi connectivity index (χ2n) is 4.60. The van der Waals surface area contributed by atoms with Crippen LogP contribution in [0.5, 0.6) is 5.75 Å². The number of aryl methyl sites for hydroxylation is 1. The lowest BCUT2D eigenvalue weighted by molar-refractivity contribution is 0.0749. The molecule has 1 N–H and O–H groups in total. The Morgan fingerprint density at radius 1 is 1.44 bits per heavy atom. The van der Waals surface area contributed by atoms with Crippen LogP contribution in [0.25, 0.3) is 10.9 Å². The number of ether oxygens (including phenoxy) is 2. The molecule has 1 unspecified atom stereocenters. The van der Waals surface area contributed by atoms with E-state index in [1.807, 2.05) is 12.1 Å². The van der Waals surface area contributed by atoms with Gasteiger partial charge in [-0.05, 0) is 18.2 Å². The fraction of sp³-hybridized carbons (Fsp3) is 0.429. The summed E-state index contributed by atoms with van der Waals surface area (Å²) in [5, 5.41) is 4.65. The highest BCUT2D eigenvalue weighted by atomic mass is 16.5. The number of rotatable bonds is 2. The van der Waals surface area contributed by atoms with Crippen molar-refractivity contribution in [2.45, 2.75) is 6.04 Å². The molecule has 0 radical (unpaired) electrons. The first kappa shape index (κ1) is 11.6. The van der Waals surface area contributed by atoms with Gasteiger partial charge in [0, 0.05) is 24.7 Å². The van der Waals surface area contributed by atoms with Gasteiger partial charge in [0.1, 0.15) is 5.75 Å². The Morgan fingerprint density at radius 2 is 2.33 bits per heavy atom. The fourth-order valence-corrected chi connectivity index (χ4v) is 2.62. The number of hydrogen-bond acceptors (Lipinski definition) is 3. The summed E-state index contributed by atoms with van der Waals surface area (Å²) in [5.41, 5.74) is 2.44. The summed E-state index contributed by atoms with van der Waals surface area (Å²) in [6.45, 7) is 2.43. The summed E-state index contributed by atoms with van der Waals surface area (Å²) in [6.07, 6.45) is 0. The second-order valence-corrected chi connectivity index (χ2v) is 4.60. The molecule has 0 amide bonds. The molecular formula is C14H18N2O2. The maximum Gasteiger partial charge on any atom is 0.128 e. The van der Waals surface area contributed by atoms with Crippen LogP contribution in [0.4, 0.5) is 0 Å². The molecule has 4 nitrogen and oxygen atoms in total. The van der Waals surface area contributed by atoms with Crippen LogP contribution in [0, 0.1) is 0 Å². The van der Waals surface area contributed by atoms with Crippen molar-refractivity contribution in [3.05, 3.63) is 30.0 Å². The summed E-state index contributed by atoms with van der Waals surface area (Å²) < 4.78 is 13.2. The Morgan fingerprint density at radius 3 is 3.06 bits per heavy atom. The minimum atomic E-state index is 0.265. The van der Waals surface area contributed by atoms with E-state index in [9.17, 15) is 0 Å². The Hall–Kier alpha value is -1.52. The molecule has 18 heavy (non-hydrogen) atoms. The molecule has 1 aliphatic rings. The summed E-state index contributed by atoms with van der Waals surface area (Å²) in [4.78, 5) is 0. The van der Waals surface area contributed by atoms with E-state index in [-0.39, 0.29) is 6.04 Å². The third kappa shape index (κ3) is 1.78. The summed E-state index contributed by atoms with van der Waals surface area (Å²) in [6, 6.07) is 8.60. The molecule has 1 aliphatic heterocycles. The SMILES string of the molecule is COc1cccc2c1cc(C1COCCN1)n2C. The van der Waals surface area contributed by atoms with E-state index in [4.69, 9.17) is 9.47 Å². The van der Waals surface area contributed by atoms with Gasteiger partial charge in [-0.2, -0.15) is 0 Å². The highest BCUT2D eigenvalue weighted by Crippen LogP contribution is 2.30. The maximum atomic E-state index is 5.54. The normalized spacial score (nSPS) is 20.2. The number of hydrogen-bond donors (Lipinski definition) is 1. The van der Waals surface area contributed by atoms with Gasteiger partial charge in [0.05, 0.1) is 31.9 Å². The zero-order valence-electron chi connectivity index (χ0n) is 10.8. The Balaban J connectivity index is 2.09. The lowest BCUT2D eigenvalue weighted by atomic mass is 10.2. The largest absolute Gasteiger partial charge is 0.496 e. The topological polar surface area (TPSA) is 35.4 Å². The lowest BCUT2D eigenvalue weighted by Crippen LogP contribution is -2.35. The van der Waals surface area contributed by atoms with Crippen LogP contribution in [0.15, 0.2) is 24.3 Å². The number of benzene rings is 1. The molecule has 0 saturated carbocycles. The van der Waals surface area contributed by atoms with Crippen molar-refractivity contribution < 1.29 is 9.47 Å². The number of nitrogens with zero attached hydrogens (tertiary/aromatic N) is 1. The average molecular weight is 246 g/mol. The van der Waals surface area contributed by atoms with Crippen LogP contribution >= 0.6 is 0 Å². The average Bonchev–Trinajstić information content (AvgIpc) is 2.77. The van der Waals surface area contributed by atoms with Gasteiger partial charge in [0.2, 0.25) is 0 Å². The number of methoxy groups -OCH3 is 1.